The van der Waals surface area contributed by atoms with E-state index in [-0.39, 0.29) is 0 Å². The quantitative estimate of drug-likeness (QED) is 0.316. The zero-order valence-electron chi connectivity index (χ0n) is 14.5. The van der Waals surface area contributed by atoms with Crippen molar-refractivity contribution in [2.24, 2.45) is 5.84 Å². The van der Waals surface area contributed by atoms with Gasteiger partial charge in [0.05, 0.1) is 0 Å². The van der Waals surface area contributed by atoms with Gasteiger partial charge in [-0.15, -0.1) is 0 Å². The third kappa shape index (κ3) is 4.57. The van der Waals surface area contributed by atoms with Crippen LogP contribution in [0, 0.1) is 0 Å². The maximum absolute atomic E-state index is 12.3. The van der Waals surface area contributed by atoms with Gasteiger partial charge < -0.3 is 14.2 Å². The molecule has 2 rings (SSSR count). The summed E-state index contributed by atoms with van der Waals surface area (Å²) in [5, 5.41) is 0. The molecule has 0 spiro atoms. The molecular formula is C19H24N2O4. The van der Waals surface area contributed by atoms with Crippen molar-refractivity contribution in [2.75, 3.05) is 13.2 Å². The SMILES string of the molecule is CCOC(OCC)(C(=O)NN)c1ccc(OCc2ccccc2)cc1. The van der Waals surface area contributed by atoms with E-state index in [0.717, 1.165) is 5.56 Å². The number of carbonyl (C=O) groups is 1. The van der Waals surface area contributed by atoms with Gasteiger partial charge in [-0.25, -0.2) is 5.84 Å². The summed E-state index contributed by atoms with van der Waals surface area (Å²) in [7, 11) is 0. The van der Waals surface area contributed by atoms with Crippen LogP contribution < -0.4 is 16.0 Å². The average Bonchev–Trinajstić information content (AvgIpc) is 2.66. The summed E-state index contributed by atoms with van der Waals surface area (Å²) in [5.41, 5.74) is 3.74. The topological polar surface area (TPSA) is 82.8 Å². The van der Waals surface area contributed by atoms with Crippen LogP contribution in [-0.2, 0) is 26.7 Å². The van der Waals surface area contributed by atoms with Crippen LogP contribution in [0.4, 0.5) is 0 Å². The van der Waals surface area contributed by atoms with Gasteiger partial charge in [0.25, 0.3) is 11.7 Å². The van der Waals surface area contributed by atoms with Crippen LogP contribution in [0.25, 0.3) is 0 Å². The van der Waals surface area contributed by atoms with E-state index < -0.39 is 11.7 Å². The molecule has 0 radical (unpaired) electrons. The fourth-order valence-electron chi connectivity index (χ4n) is 2.48. The Kier molecular flexibility index (Phi) is 6.94. The molecule has 0 heterocycles. The number of hydrogen-bond donors (Lipinski definition) is 2. The number of carbonyl (C=O) groups excluding carboxylic acids is 1. The van der Waals surface area contributed by atoms with Gasteiger partial charge in [0.2, 0.25) is 0 Å². The monoisotopic (exact) mass is 344 g/mol. The van der Waals surface area contributed by atoms with Crippen LogP contribution in [-0.4, -0.2) is 19.1 Å². The first-order valence-electron chi connectivity index (χ1n) is 8.22. The number of hydrogen-bond acceptors (Lipinski definition) is 5. The summed E-state index contributed by atoms with van der Waals surface area (Å²) >= 11 is 0. The smallest absolute Gasteiger partial charge is 0.299 e. The van der Waals surface area contributed by atoms with E-state index in [1.54, 1.807) is 38.1 Å². The van der Waals surface area contributed by atoms with Crippen LogP contribution >= 0.6 is 0 Å². The Labute approximate surface area is 147 Å². The van der Waals surface area contributed by atoms with Gasteiger partial charge in [-0.1, -0.05) is 30.3 Å². The molecule has 0 bridgehead atoms. The van der Waals surface area contributed by atoms with Crippen molar-refractivity contribution >= 4 is 5.91 Å². The van der Waals surface area contributed by atoms with E-state index in [9.17, 15) is 4.79 Å². The van der Waals surface area contributed by atoms with Crippen molar-refractivity contribution in [3.05, 3.63) is 65.7 Å². The summed E-state index contributed by atoms with van der Waals surface area (Å²) in [4.78, 5) is 12.3. The second-order valence-corrected chi connectivity index (χ2v) is 5.25. The van der Waals surface area contributed by atoms with Crippen molar-refractivity contribution in [3.8, 4) is 5.75 Å². The normalized spacial score (nSPS) is 11.2. The van der Waals surface area contributed by atoms with Gasteiger partial charge in [-0.05, 0) is 43.7 Å². The fraction of sp³-hybridized carbons (Fsp3) is 0.316. The van der Waals surface area contributed by atoms with Crippen LogP contribution in [0.3, 0.4) is 0 Å². The highest BCUT2D eigenvalue weighted by atomic mass is 16.7. The van der Waals surface area contributed by atoms with Crippen LogP contribution in [0.1, 0.15) is 25.0 Å². The van der Waals surface area contributed by atoms with Gasteiger partial charge in [-0.2, -0.15) is 0 Å². The first-order chi connectivity index (χ1) is 12.2. The van der Waals surface area contributed by atoms with E-state index in [4.69, 9.17) is 20.1 Å². The lowest BCUT2D eigenvalue weighted by Gasteiger charge is -2.31. The molecule has 6 heteroatoms. The van der Waals surface area contributed by atoms with Crippen molar-refractivity contribution in [2.45, 2.75) is 26.2 Å². The number of hydrazine groups is 1. The number of ether oxygens (including phenoxy) is 3. The Morgan fingerprint density at radius 3 is 2.12 bits per heavy atom. The lowest BCUT2D eigenvalue weighted by Crippen LogP contribution is -2.51. The highest BCUT2D eigenvalue weighted by Gasteiger charge is 2.42. The van der Waals surface area contributed by atoms with Gasteiger partial charge in [0.1, 0.15) is 12.4 Å². The zero-order valence-corrected chi connectivity index (χ0v) is 14.5. The van der Waals surface area contributed by atoms with Crippen molar-refractivity contribution in [1.82, 2.24) is 5.43 Å². The van der Waals surface area contributed by atoms with E-state index in [2.05, 4.69) is 5.43 Å². The molecule has 25 heavy (non-hydrogen) atoms. The van der Waals surface area contributed by atoms with Crippen LogP contribution in [0.15, 0.2) is 54.6 Å². The Bertz CT molecular complexity index is 653. The predicted molar refractivity (Wildman–Crippen MR) is 94.5 cm³/mol. The van der Waals surface area contributed by atoms with Gasteiger partial charge in [-0.3, -0.25) is 10.2 Å². The van der Waals surface area contributed by atoms with Crippen molar-refractivity contribution in [1.29, 1.82) is 0 Å². The summed E-state index contributed by atoms with van der Waals surface area (Å²) in [6.45, 7) is 4.62. The van der Waals surface area contributed by atoms with Gasteiger partial charge in [0, 0.05) is 18.8 Å². The second-order valence-electron chi connectivity index (χ2n) is 5.25. The molecule has 2 aromatic carbocycles. The summed E-state index contributed by atoms with van der Waals surface area (Å²) in [6, 6.07) is 16.9. The number of benzene rings is 2. The highest BCUT2D eigenvalue weighted by Crippen LogP contribution is 2.29. The summed E-state index contributed by atoms with van der Waals surface area (Å²) < 4.78 is 17.0. The molecule has 1 amide bonds. The minimum Gasteiger partial charge on any atom is -0.489 e. The Balaban J connectivity index is 2.18. The molecular weight excluding hydrogens is 320 g/mol. The molecule has 2 aromatic rings. The fourth-order valence-corrected chi connectivity index (χ4v) is 2.48. The molecule has 0 atom stereocenters. The average molecular weight is 344 g/mol. The molecule has 0 unspecified atom stereocenters. The highest BCUT2D eigenvalue weighted by molar-refractivity contribution is 5.84. The van der Waals surface area contributed by atoms with E-state index >= 15 is 0 Å². The first-order valence-corrected chi connectivity index (χ1v) is 8.22. The van der Waals surface area contributed by atoms with Crippen LogP contribution in [0.5, 0.6) is 5.75 Å². The van der Waals surface area contributed by atoms with E-state index in [0.29, 0.717) is 31.1 Å². The number of amides is 1. The van der Waals surface area contributed by atoms with E-state index in [1.165, 1.54) is 0 Å². The molecule has 0 aliphatic rings. The Morgan fingerprint density at radius 1 is 1.00 bits per heavy atom. The minimum atomic E-state index is -1.57. The maximum Gasteiger partial charge on any atom is 0.299 e. The predicted octanol–water partition coefficient (Wildman–Crippen LogP) is 2.48. The largest absolute Gasteiger partial charge is 0.489 e. The third-order valence-corrected chi connectivity index (χ3v) is 3.61. The molecule has 0 aliphatic carbocycles. The molecule has 6 nitrogen and oxygen atoms in total. The first kappa shape index (κ1) is 18.9. The van der Waals surface area contributed by atoms with Crippen molar-refractivity contribution in [3.63, 3.8) is 0 Å². The lowest BCUT2D eigenvalue weighted by atomic mass is 10.0. The number of rotatable bonds is 9. The van der Waals surface area contributed by atoms with Gasteiger partial charge in [0.15, 0.2) is 0 Å². The lowest BCUT2D eigenvalue weighted by molar-refractivity contribution is -0.234. The minimum absolute atomic E-state index is 0.291. The molecule has 0 aromatic heterocycles. The molecule has 0 saturated carbocycles. The van der Waals surface area contributed by atoms with Crippen molar-refractivity contribution < 1.29 is 19.0 Å². The van der Waals surface area contributed by atoms with Gasteiger partial charge >= 0.3 is 0 Å². The molecule has 0 fully saturated rings. The second kappa shape index (κ2) is 9.17. The Hall–Kier alpha value is -2.41. The number of nitrogens with one attached hydrogen (secondary N) is 1. The third-order valence-electron chi connectivity index (χ3n) is 3.61. The molecule has 3 N–H and O–H groups in total. The Morgan fingerprint density at radius 2 is 1.60 bits per heavy atom. The standard InChI is InChI=1S/C19H24N2O4/c1-3-24-19(25-4-2,18(22)21-20)16-10-12-17(13-11-16)23-14-15-8-6-5-7-9-15/h5-13H,3-4,14,20H2,1-2H3,(H,21,22). The molecule has 0 saturated heterocycles. The molecule has 134 valence electrons. The molecule has 0 aliphatic heterocycles. The summed E-state index contributed by atoms with van der Waals surface area (Å²) in [5.74, 6) is 3.86. The van der Waals surface area contributed by atoms with E-state index in [1.807, 2.05) is 30.3 Å². The zero-order chi connectivity index (χ0) is 18.1. The maximum atomic E-state index is 12.3. The van der Waals surface area contributed by atoms with Crippen LogP contribution in [0.2, 0.25) is 0 Å². The summed E-state index contributed by atoms with van der Waals surface area (Å²) in [6.07, 6.45) is 0. The number of nitrogens with two attached hydrogens (primary N) is 1.